The number of ether oxygens (including phenoxy) is 2. The molecule has 0 rings (SSSR count). The van der Waals surface area contributed by atoms with Gasteiger partial charge in [-0.15, -0.1) is 0 Å². The van der Waals surface area contributed by atoms with Crippen molar-refractivity contribution >= 4 is 11.9 Å². The Labute approximate surface area is 96.7 Å². The van der Waals surface area contributed by atoms with E-state index in [0.717, 1.165) is 0 Å². The highest BCUT2D eigenvalue weighted by Gasteiger charge is 2.19. The molecule has 0 saturated carbocycles. The monoisotopic (exact) mass is 231 g/mol. The molecule has 0 aromatic carbocycles. The zero-order valence-electron chi connectivity index (χ0n) is 10.5. The number of nitrogens with zero attached hydrogens (tertiary/aromatic N) is 1. The van der Waals surface area contributed by atoms with Gasteiger partial charge in [0.25, 0.3) is 0 Å². The first-order valence-electron chi connectivity index (χ1n) is 5.51. The quantitative estimate of drug-likeness (QED) is 0.607. The molecule has 0 spiro atoms. The Morgan fingerprint density at radius 2 is 1.88 bits per heavy atom. The average Bonchev–Trinajstić information content (AvgIpc) is 2.25. The van der Waals surface area contributed by atoms with Gasteiger partial charge in [-0.1, -0.05) is 6.92 Å². The van der Waals surface area contributed by atoms with E-state index in [-0.39, 0.29) is 30.9 Å². The maximum Gasteiger partial charge on any atom is 0.320 e. The Kier molecular flexibility index (Phi) is 7.54. The standard InChI is InChI=1S/C11H21NO4/c1-5-12(8-11(14)16-6-2)9(3)7-10(13)15-4/h9H,5-8H2,1-4H3. The molecule has 5 nitrogen and oxygen atoms in total. The second-order valence-electron chi connectivity index (χ2n) is 3.50. The highest BCUT2D eigenvalue weighted by Crippen LogP contribution is 2.04. The van der Waals surface area contributed by atoms with E-state index < -0.39 is 0 Å². The lowest BCUT2D eigenvalue weighted by atomic mass is 10.2. The molecular formula is C11H21NO4. The van der Waals surface area contributed by atoms with Crippen molar-refractivity contribution in [1.29, 1.82) is 0 Å². The van der Waals surface area contributed by atoms with Gasteiger partial charge < -0.3 is 9.47 Å². The van der Waals surface area contributed by atoms with Gasteiger partial charge in [0, 0.05) is 6.04 Å². The van der Waals surface area contributed by atoms with Crippen LogP contribution in [0.3, 0.4) is 0 Å². The van der Waals surface area contributed by atoms with Crippen LogP contribution in [0.2, 0.25) is 0 Å². The van der Waals surface area contributed by atoms with Gasteiger partial charge >= 0.3 is 11.9 Å². The molecule has 16 heavy (non-hydrogen) atoms. The first-order valence-corrected chi connectivity index (χ1v) is 5.51. The van der Waals surface area contributed by atoms with Crippen LogP contribution in [0.1, 0.15) is 27.2 Å². The Bertz CT molecular complexity index is 230. The van der Waals surface area contributed by atoms with Crippen molar-refractivity contribution in [3.8, 4) is 0 Å². The third kappa shape index (κ3) is 5.70. The number of hydrogen-bond acceptors (Lipinski definition) is 5. The second-order valence-corrected chi connectivity index (χ2v) is 3.50. The fraction of sp³-hybridized carbons (Fsp3) is 0.818. The lowest BCUT2D eigenvalue weighted by Gasteiger charge is -2.25. The number of rotatable bonds is 7. The molecule has 0 aromatic rings. The van der Waals surface area contributed by atoms with Crippen molar-refractivity contribution < 1.29 is 19.1 Å². The zero-order chi connectivity index (χ0) is 12.6. The molecule has 0 bridgehead atoms. The summed E-state index contributed by atoms with van der Waals surface area (Å²) in [5.74, 6) is -0.532. The third-order valence-corrected chi connectivity index (χ3v) is 2.36. The summed E-state index contributed by atoms with van der Waals surface area (Å²) in [5, 5.41) is 0. The van der Waals surface area contributed by atoms with Crippen LogP contribution in [0.5, 0.6) is 0 Å². The van der Waals surface area contributed by atoms with Crippen LogP contribution in [0.4, 0.5) is 0 Å². The Morgan fingerprint density at radius 1 is 1.25 bits per heavy atom. The molecule has 1 unspecified atom stereocenters. The van der Waals surface area contributed by atoms with Crippen molar-refractivity contribution in [3.63, 3.8) is 0 Å². The molecule has 0 aliphatic rings. The average molecular weight is 231 g/mol. The summed E-state index contributed by atoms with van der Waals surface area (Å²) < 4.78 is 9.45. The van der Waals surface area contributed by atoms with Crippen LogP contribution in [0, 0.1) is 0 Å². The maximum absolute atomic E-state index is 11.3. The first kappa shape index (κ1) is 14.9. The smallest absolute Gasteiger partial charge is 0.320 e. The van der Waals surface area contributed by atoms with Gasteiger partial charge in [-0.05, 0) is 20.4 Å². The molecule has 0 aliphatic heterocycles. The molecule has 0 saturated heterocycles. The van der Waals surface area contributed by atoms with Gasteiger partial charge in [0.15, 0.2) is 0 Å². The maximum atomic E-state index is 11.3. The SMILES string of the molecule is CCOC(=O)CN(CC)C(C)CC(=O)OC. The first-order chi connectivity index (χ1) is 7.54. The van der Waals surface area contributed by atoms with E-state index in [0.29, 0.717) is 13.2 Å². The highest BCUT2D eigenvalue weighted by molar-refractivity contribution is 5.72. The fourth-order valence-electron chi connectivity index (χ4n) is 1.41. The summed E-state index contributed by atoms with van der Waals surface area (Å²) in [6.07, 6.45) is 0.281. The number of carbonyl (C=O) groups excluding carboxylic acids is 2. The van der Waals surface area contributed by atoms with E-state index in [4.69, 9.17) is 4.74 Å². The summed E-state index contributed by atoms with van der Waals surface area (Å²) in [6.45, 7) is 6.87. The van der Waals surface area contributed by atoms with Crippen molar-refractivity contribution in [2.24, 2.45) is 0 Å². The minimum absolute atomic E-state index is 0.0261. The molecule has 0 radical (unpaired) electrons. The summed E-state index contributed by atoms with van der Waals surface area (Å²) >= 11 is 0. The van der Waals surface area contributed by atoms with Gasteiger partial charge in [-0.25, -0.2) is 0 Å². The normalized spacial score (nSPS) is 12.3. The summed E-state index contributed by atoms with van der Waals surface area (Å²) in [7, 11) is 1.36. The van der Waals surface area contributed by atoms with Crippen LogP contribution >= 0.6 is 0 Å². The number of methoxy groups -OCH3 is 1. The van der Waals surface area contributed by atoms with Crippen molar-refractivity contribution in [3.05, 3.63) is 0 Å². The van der Waals surface area contributed by atoms with E-state index >= 15 is 0 Å². The number of hydrogen-bond donors (Lipinski definition) is 0. The van der Waals surface area contributed by atoms with Gasteiger partial charge in [-0.3, -0.25) is 14.5 Å². The van der Waals surface area contributed by atoms with Gasteiger partial charge in [0.1, 0.15) is 0 Å². The van der Waals surface area contributed by atoms with E-state index in [9.17, 15) is 9.59 Å². The number of esters is 2. The lowest BCUT2D eigenvalue weighted by molar-refractivity contribution is -0.147. The minimum atomic E-state index is -0.269. The van der Waals surface area contributed by atoms with E-state index in [1.54, 1.807) is 6.92 Å². The summed E-state index contributed by atoms with van der Waals surface area (Å²) in [4.78, 5) is 24.3. The lowest BCUT2D eigenvalue weighted by Crippen LogP contribution is -2.39. The molecule has 0 N–H and O–H groups in total. The van der Waals surface area contributed by atoms with Crippen LogP contribution < -0.4 is 0 Å². The predicted molar refractivity (Wildman–Crippen MR) is 60.0 cm³/mol. The fourth-order valence-corrected chi connectivity index (χ4v) is 1.41. The summed E-state index contributed by atoms with van der Waals surface area (Å²) in [6, 6.07) is -0.0261. The van der Waals surface area contributed by atoms with Crippen LogP contribution in [0.15, 0.2) is 0 Å². The van der Waals surface area contributed by atoms with Crippen LogP contribution in [0.25, 0.3) is 0 Å². The van der Waals surface area contributed by atoms with Crippen molar-refractivity contribution in [2.45, 2.75) is 33.2 Å². The van der Waals surface area contributed by atoms with E-state index in [1.165, 1.54) is 7.11 Å². The van der Waals surface area contributed by atoms with Crippen LogP contribution in [-0.4, -0.2) is 49.7 Å². The molecule has 0 aliphatic carbocycles. The Hall–Kier alpha value is -1.10. The second kappa shape index (κ2) is 8.10. The Morgan fingerprint density at radius 3 is 2.31 bits per heavy atom. The van der Waals surface area contributed by atoms with Crippen LogP contribution in [-0.2, 0) is 19.1 Å². The number of carbonyl (C=O) groups is 2. The van der Waals surface area contributed by atoms with E-state index in [2.05, 4.69) is 4.74 Å². The molecule has 0 fully saturated rings. The predicted octanol–water partition coefficient (Wildman–Crippen LogP) is 0.823. The number of likely N-dealkylation sites (N-methyl/N-ethyl adjacent to an activating group) is 1. The zero-order valence-corrected chi connectivity index (χ0v) is 10.5. The topological polar surface area (TPSA) is 55.8 Å². The van der Waals surface area contributed by atoms with Gasteiger partial charge in [0.2, 0.25) is 0 Å². The van der Waals surface area contributed by atoms with Crippen molar-refractivity contribution in [1.82, 2.24) is 4.90 Å². The van der Waals surface area contributed by atoms with Crippen molar-refractivity contribution in [2.75, 3.05) is 26.8 Å². The molecular weight excluding hydrogens is 210 g/mol. The summed E-state index contributed by atoms with van der Waals surface area (Å²) in [5.41, 5.74) is 0. The molecule has 1 atom stereocenters. The van der Waals surface area contributed by atoms with Gasteiger partial charge in [-0.2, -0.15) is 0 Å². The molecule has 0 heterocycles. The molecule has 5 heteroatoms. The minimum Gasteiger partial charge on any atom is -0.469 e. The van der Waals surface area contributed by atoms with E-state index in [1.807, 2.05) is 18.7 Å². The highest BCUT2D eigenvalue weighted by atomic mass is 16.5. The largest absolute Gasteiger partial charge is 0.469 e. The molecule has 0 aromatic heterocycles. The molecule has 0 amide bonds. The Balaban J connectivity index is 4.15. The molecule has 94 valence electrons. The third-order valence-electron chi connectivity index (χ3n) is 2.36. The van der Waals surface area contributed by atoms with Gasteiger partial charge in [0.05, 0.1) is 26.7 Å².